The Morgan fingerprint density at radius 1 is 0.914 bits per heavy atom. The van der Waals surface area contributed by atoms with Gasteiger partial charge in [-0.3, -0.25) is 9.59 Å². The second kappa shape index (κ2) is 9.90. The predicted molar refractivity (Wildman–Crippen MR) is 134 cm³/mol. The summed E-state index contributed by atoms with van der Waals surface area (Å²) in [5.41, 5.74) is 3.60. The number of hydrogen-bond donors (Lipinski definition) is 0. The van der Waals surface area contributed by atoms with E-state index < -0.39 is 5.92 Å². The fraction of sp³-hybridized carbons (Fsp3) is 0.500. The Hall–Kier alpha value is -3.06. The summed E-state index contributed by atoms with van der Waals surface area (Å²) in [6, 6.07) is 11.4. The second-order valence-corrected chi connectivity index (χ2v) is 9.38. The largest absolute Gasteiger partial charge is 0.490 e. The molecule has 2 aromatic rings. The molecular formula is C28H35N3O4. The van der Waals surface area contributed by atoms with Crippen molar-refractivity contribution in [1.29, 1.82) is 0 Å². The second-order valence-electron chi connectivity index (χ2n) is 9.38. The molecule has 7 nitrogen and oxygen atoms in total. The summed E-state index contributed by atoms with van der Waals surface area (Å²) < 4.78 is 11.8. The van der Waals surface area contributed by atoms with Crippen molar-refractivity contribution in [2.45, 2.75) is 39.2 Å². The number of nitrogens with zero attached hydrogens (tertiary/aromatic N) is 3. The number of ether oxygens (including phenoxy) is 2. The maximum absolute atomic E-state index is 14.2. The summed E-state index contributed by atoms with van der Waals surface area (Å²) in [6.07, 6.45) is 0.725. The molecule has 1 saturated heterocycles. The van der Waals surface area contributed by atoms with E-state index in [1.807, 2.05) is 60.0 Å². The summed E-state index contributed by atoms with van der Waals surface area (Å²) in [4.78, 5) is 34.1. The zero-order valence-corrected chi connectivity index (χ0v) is 21.0. The van der Waals surface area contributed by atoms with Crippen molar-refractivity contribution in [3.05, 3.63) is 58.7 Å². The van der Waals surface area contributed by atoms with Crippen molar-refractivity contribution in [3.63, 3.8) is 0 Å². The molecule has 7 heteroatoms. The van der Waals surface area contributed by atoms with Gasteiger partial charge in [-0.1, -0.05) is 25.1 Å². The van der Waals surface area contributed by atoms with E-state index in [4.69, 9.17) is 9.47 Å². The number of likely N-dealkylation sites (N-methyl/N-ethyl adjacent to an activating group) is 1. The van der Waals surface area contributed by atoms with Gasteiger partial charge in [0, 0.05) is 38.3 Å². The fourth-order valence-corrected chi connectivity index (χ4v) is 5.82. The first kappa shape index (κ1) is 23.7. The maximum atomic E-state index is 14.2. The fourth-order valence-electron chi connectivity index (χ4n) is 5.82. The SMILES string of the molecule is CCOc1cc2c(cc1OCC)[C@@H]1[C@H](C(=O)N3CCN(CC)CC3)c3ccccc3C(=O)N1CC2. The van der Waals surface area contributed by atoms with Gasteiger partial charge in [0.2, 0.25) is 5.91 Å². The van der Waals surface area contributed by atoms with Gasteiger partial charge in [-0.15, -0.1) is 0 Å². The molecule has 186 valence electrons. The molecular weight excluding hydrogens is 442 g/mol. The first-order valence-corrected chi connectivity index (χ1v) is 12.9. The molecule has 0 N–H and O–H groups in total. The minimum Gasteiger partial charge on any atom is -0.490 e. The van der Waals surface area contributed by atoms with Gasteiger partial charge in [-0.2, -0.15) is 0 Å². The van der Waals surface area contributed by atoms with E-state index in [-0.39, 0.29) is 17.9 Å². The van der Waals surface area contributed by atoms with Crippen LogP contribution in [-0.2, 0) is 11.2 Å². The lowest BCUT2D eigenvalue weighted by Crippen LogP contribution is -2.54. The molecule has 0 bridgehead atoms. The highest BCUT2D eigenvalue weighted by molar-refractivity contribution is 6.01. The number of piperazine rings is 1. The van der Waals surface area contributed by atoms with Crippen LogP contribution in [0.25, 0.3) is 0 Å². The van der Waals surface area contributed by atoms with Crippen molar-refractivity contribution < 1.29 is 19.1 Å². The Balaban J connectivity index is 1.61. The smallest absolute Gasteiger partial charge is 0.254 e. The van der Waals surface area contributed by atoms with Crippen LogP contribution < -0.4 is 9.47 Å². The Kier molecular flexibility index (Phi) is 6.69. The standard InChI is InChI=1S/C28H35N3O4/c1-4-29-13-15-30(16-14-29)28(33)25-20-9-7-8-10-21(20)27(32)31-12-11-19-17-23(34-5-2)24(35-6-3)18-22(19)26(25)31/h7-10,17-18,25-26H,4-6,11-16H2,1-3H3/t25-,26-/m1/s1. The van der Waals surface area contributed by atoms with Crippen LogP contribution in [0.1, 0.15) is 59.8 Å². The molecule has 35 heavy (non-hydrogen) atoms. The van der Waals surface area contributed by atoms with Gasteiger partial charge >= 0.3 is 0 Å². The number of carbonyl (C=O) groups is 2. The molecule has 3 heterocycles. The molecule has 2 amide bonds. The average molecular weight is 478 g/mol. The third-order valence-corrected chi connectivity index (χ3v) is 7.58. The number of benzene rings is 2. The molecule has 3 aliphatic rings. The predicted octanol–water partition coefficient (Wildman–Crippen LogP) is 3.48. The Morgan fingerprint density at radius 3 is 2.29 bits per heavy atom. The third kappa shape index (κ3) is 4.16. The van der Waals surface area contributed by atoms with E-state index in [0.29, 0.717) is 44.2 Å². The zero-order chi connectivity index (χ0) is 24.5. The van der Waals surface area contributed by atoms with Crippen molar-refractivity contribution in [2.24, 2.45) is 0 Å². The van der Waals surface area contributed by atoms with Crippen molar-refractivity contribution >= 4 is 11.8 Å². The molecule has 0 spiro atoms. The van der Waals surface area contributed by atoms with Crippen LogP contribution in [0.5, 0.6) is 11.5 Å². The van der Waals surface area contributed by atoms with E-state index in [0.717, 1.165) is 48.5 Å². The van der Waals surface area contributed by atoms with Crippen LogP contribution in [-0.4, -0.2) is 79.0 Å². The van der Waals surface area contributed by atoms with Crippen molar-refractivity contribution in [2.75, 3.05) is 52.5 Å². The number of rotatable bonds is 6. The van der Waals surface area contributed by atoms with Crippen LogP contribution in [0.15, 0.2) is 36.4 Å². The minimum absolute atomic E-state index is 0.00273. The lowest BCUT2D eigenvalue weighted by Gasteiger charge is -2.47. The quantitative estimate of drug-likeness (QED) is 0.638. The molecule has 0 aromatic heterocycles. The maximum Gasteiger partial charge on any atom is 0.254 e. The Bertz CT molecular complexity index is 1110. The van der Waals surface area contributed by atoms with E-state index in [1.165, 1.54) is 0 Å². The van der Waals surface area contributed by atoms with E-state index >= 15 is 0 Å². The molecule has 0 unspecified atom stereocenters. The van der Waals surface area contributed by atoms with Crippen molar-refractivity contribution in [1.82, 2.24) is 14.7 Å². The lowest BCUT2D eigenvalue weighted by atomic mass is 9.75. The van der Waals surface area contributed by atoms with E-state index in [2.05, 4.69) is 11.8 Å². The number of amides is 2. The summed E-state index contributed by atoms with van der Waals surface area (Å²) in [7, 11) is 0. The normalized spacial score (nSPS) is 21.7. The lowest BCUT2D eigenvalue weighted by molar-refractivity contribution is -0.136. The van der Waals surface area contributed by atoms with Gasteiger partial charge in [0.15, 0.2) is 11.5 Å². The van der Waals surface area contributed by atoms with Gasteiger partial charge in [0.05, 0.1) is 25.2 Å². The summed E-state index contributed by atoms with van der Waals surface area (Å²) in [5, 5.41) is 0. The molecule has 0 aliphatic carbocycles. The van der Waals surface area contributed by atoms with Crippen molar-refractivity contribution in [3.8, 4) is 11.5 Å². The Labute approximate surface area is 207 Å². The first-order valence-electron chi connectivity index (χ1n) is 12.9. The van der Waals surface area contributed by atoms with E-state index in [9.17, 15) is 9.59 Å². The van der Waals surface area contributed by atoms with Gasteiger partial charge in [0.1, 0.15) is 0 Å². The zero-order valence-electron chi connectivity index (χ0n) is 21.0. The number of fused-ring (bicyclic) bond motifs is 4. The molecule has 1 fully saturated rings. The number of carbonyl (C=O) groups excluding carboxylic acids is 2. The topological polar surface area (TPSA) is 62.3 Å². The average Bonchev–Trinajstić information content (AvgIpc) is 2.89. The van der Waals surface area contributed by atoms with Gasteiger partial charge < -0.3 is 24.2 Å². The Morgan fingerprint density at radius 2 is 1.60 bits per heavy atom. The molecule has 0 radical (unpaired) electrons. The van der Waals surface area contributed by atoms with Crippen LogP contribution in [0.2, 0.25) is 0 Å². The highest BCUT2D eigenvalue weighted by Gasteiger charge is 2.48. The summed E-state index contributed by atoms with van der Waals surface area (Å²) in [6.45, 7) is 11.9. The van der Waals surface area contributed by atoms with Gasteiger partial charge in [0.25, 0.3) is 5.91 Å². The van der Waals surface area contributed by atoms with E-state index in [1.54, 1.807) is 0 Å². The minimum atomic E-state index is -0.441. The highest BCUT2D eigenvalue weighted by atomic mass is 16.5. The highest BCUT2D eigenvalue weighted by Crippen LogP contribution is 2.49. The van der Waals surface area contributed by atoms with Gasteiger partial charge in [-0.25, -0.2) is 0 Å². The first-order chi connectivity index (χ1) is 17.1. The monoisotopic (exact) mass is 477 g/mol. The molecule has 0 saturated carbocycles. The van der Waals surface area contributed by atoms with Crippen LogP contribution in [0, 0.1) is 0 Å². The van der Waals surface area contributed by atoms with Gasteiger partial charge in [-0.05, 0) is 61.7 Å². The molecule has 2 aromatic carbocycles. The summed E-state index contributed by atoms with van der Waals surface area (Å²) >= 11 is 0. The van der Waals surface area contributed by atoms with Crippen LogP contribution in [0.4, 0.5) is 0 Å². The van der Waals surface area contributed by atoms with Crippen LogP contribution >= 0.6 is 0 Å². The molecule has 5 rings (SSSR count). The third-order valence-electron chi connectivity index (χ3n) is 7.58. The number of hydrogen-bond acceptors (Lipinski definition) is 5. The van der Waals surface area contributed by atoms with Crippen LogP contribution in [0.3, 0.4) is 0 Å². The summed E-state index contributed by atoms with van der Waals surface area (Å²) in [5.74, 6) is 1.06. The molecule has 3 aliphatic heterocycles. The molecule has 2 atom stereocenters.